The maximum atomic E-state index is 12.6. The highest BCUT2D eigenvalue weighted by molar-refractivity contribution is 14.1. The number of hydrogen-bond donors (Lipinski definition) is 1. The van der Waals surface area contributed by atoms with Crippen molar-refractivity contribution in [2.24, 2.45) is 0 Å². The maximum Gasteiger partial charge on any atom is 0.270 e. The molecule has 2 rings (SSSR count). The molecule has 0 radical (unpaired) electrons. The molecule has 0 bridgehead atoms. The largest absolute Gasteiger partial charge is 0.334 e. The Hall–Kier alpha value is -1.22. The predicted molar refractivity (Wildman–Crippen MR) is 83.8 cm³/mol. The summed E-state index contributed by atoms with van der Waals surface area (Å²) in [6.45, 7) is 1.52. The summed E-state index contributed by atoms with van der Waals surface area (Å²) in [5.74, 6) is -0.0398. The Kier molecular flexibility index (Phi) is 4.92. The minimum absolute atomic E-state index is 0.0131. The number of non-ortho nitro benzene ring substituents is 1. The van der Waals surface area contributed by atoms with Crippen molar-refractivity contribution < 1.29 is 9.72 Å². The van der Waals surface area contributed by atoms with Gasteiger partial charge in [0, 0.05) is 34.8 Å². The molecule has 1 unspecified atom stereocenters. The fourth-order valence-corrected chi connectivity index (χ4v) is 3.23. The van der Waals surface area contributed by atoms with Crippen LogP contribution in [0.5, 0.6) is 0 Å². The van der Waals surface area contributed by atoms with Crippen molar-refractivity contribution in [1.29, 1.82) is 0 Å². The van der Waals surface area contributed by atoms with E-state index in [9.17, 15) is 14.9 Å². The first-order chi connectivity index (χ1) is 9.54. The SMILES string of the molecule is CNCC1CCCN1C(=O)c1ccc([N+](=O)[O-])cc1I. The van der Waals surface area contributed by atoms with Crippen molar-refractivity contribution >= 4 is 34.2 Å². The highest BCUT2D eigenvalue weighted by Gasteiger charge is 2.30. The van der Waals surface area contributed by atoms with E-state index >= 15 is 0 Å². The lowest BCUT2D eigenvalue weighted by Gasteiger charge is -2.25. The van der Waals surface area contributed by atoms with Crippen LogP contribution in [-0.4, -0.2) is 41.9 Å². The molecule has 108 valence electrons. The summed E-state index contributed by atoms with van der Waals surface area (Å²) >= 11 is 1.98. The molecule has 0 saturated carbocycles. The van der Waals surface area contributed by atoms with Gasteiger partial charge in [-0.15, -0.1) is 0 Å². The summed E-state index contributed by atoms with van der Waals surface area (Å²) in [6, 6.07) is 4.59. The smallest absolute Gasteiger partial charge is 0.270 e. The van der Waals surface area contributed by atoms with Gasteiger partial charge >= 0.3 is 0 Å². The molecule has 20 heavy (non-hydrogen) atoms. The molecular formula is C13H16IN3O3. The fraction of sp³-hybridized carbons (Fsp3) is 0.462. The summed E-state index contributed by atoms with van der Waals surface area (Å²) in [5.41, 5.74) is 0.554. The number of nitrogens with one attached hydrogen (secondary N) is 1. The number of carbonyl (C=O) groups is 1. The lowest BCUT2D eigenvalue weighted by Crippen LogP contribution is -2.41. The van der Waals surface area contributed by atoms with Crippen LogP contribution in [-0.2, 0) is 0 Å². The van der Waals surface area contributed by atoms with E-state index < -0.39 is 4.92 Å². The normalized spacial score (nSPS) is 18.3. The predicted octanol–water partition coefficient (Wildman–Crippen LogP) is 2.02. The number of rotatable bonds is 4. The topological polar surface area (TPSA) is 75.5 Å². The second kappa shape index (κ2) is 6.49. The first kappa shape index (κ1) is 15.2. The number of likely N-dealkylation sites (N-methyl/N-ethyl adjacent to an activating group) is 1. The number of nitro benzene ring substituents is 1. The average Bonchev–Trinajstić information content (AvgIpc) is 2.86. The third-order valence-electron chi connectivity index (χ3n) is 3.47. The van der Waals surface area contributed by atoms with E-state index in [-0.39, 0.29) is 17.6 Å². The zero-order valence-electron chi connectivity index (χ0n) is 11.1. The van der Waals surface area contributed by atoms with Crippen LogP contribution < -0.4 is 5.32 Å². The Bertz CT molecular complexity index is 536. The van der Waals surface area contributed by atoms with Crippen molar-refractivity contribution in [1.82, 2.24) is 10.2 Å². The Labute approximate surface area is 130 Å². The van der Waals surface area contributed by atoms with Crippen LogP contribution in [0.2, 0.25) is 0 Å². The highest BCUT2D eigenvalue weighted by atomic mass is 127. The van der Waals surface area contributed by atoms with E-state index in [1.54, 1.807) is 6.07 Å². The van der Waals surface area contributed by atoms with Crippen molar-refractivity contribution in [2.75, 3.05) is 20.1 Å². The molecule has 1 atom stereocenters. The Balaban J connectivity index is 2.22. The number of hydrogen-bond acceptors (Lipinski definition) is 4. The van der Waals surface area contributed by atoms with E-state index in [0.29, 0.717) is 9.13 Å². The third kappa shape index (κ3) is 3.09. The molecule has 0 aliphatic carbocycles. The quantitative estimate of drug-likeness (QED) is 0.486. The summed E-state index contributed by atoms with van der Waals surface area (Å²) in [6.07, 6.45) is 2.00. The summed E-state index contributed by atoms with van der Waals surface area (Å²) < 4.78 is 0.622. The number of carbonyl (C=O) groups excluding carboxylic acids is 1. The van der Waals surface area contributed by atoms with E-state index in [1.807, 2.05) is 34.5 Å². The number of benzene rings is 1. The first-order valence-corrected chi connectivity index (χ1v) is 7.52. The van der Waals surface area contributed by atoms with E-state index in [4.69, 9.17) is 0 Å². The summed E-state index contributed by atoms with van der Waals surface area (Å²) in [7, 11) is 1.87. The van der Waals surface area contributed by atoms with Gasteiger partial charge in [-0.05, 0) is 48.5 Å². The van der Waals surface area contributed by atoms with Gasteiger partial charge in [0.2, 0.25) is 0 Å². The molecule has 1 aliphatic rings. The molecule has 1 N–H and O–H groups in total. The van der Waals surface area contributed by atoms with Crippen LogP contribution in [0.1, 0.15) is 23.2 Å². The fourth-order valence-electron chi connectivity index (χ4n) is 2.50. The molecule has 1 aromatic rings. The van der Waals surface area contributed by atoms with Gasteiger partial charge in [0.25, 0.3) is 11.6 Å². The van der Waals surface area contributed by atoms with Crippen LogP contribution in [0.4, 0.5) is 5.69 Å². The molecule has 1 fully saturated rings. The van der Waals surface area contributed by atoms with Gasteiger partial charge in [-0.1, -0.05) is 0 Å². The van der Waals surface area contributed by atoms with Crippen molar-refractivity contribution in [3.63, 3.8) is 0 Å². The zero-order chi connectivity index (χ0) is 14.7. The van der Waals surface area contributed by atoms with E-state index in [2.05, 4.69) is 5.32 Å². The second-order valence-corrected chi connectivity index (χ2v) is 5.94. The Morgan fingerprint density at radius 1 is 1.60 bits per heavy atom. The molecule has 1 aromatic carbocycles. The molecule has 1 saturated heterocycles. The summed E-state index contributed by atoms with van der Waals surface area (Å²) in [4.78, 5) is 24.7. The van der Waals surface area contributed by atoms with Gasteiger partial charge in [-0.2, -0.15) is 0 Å². The summed E-state index contributed by atoms with van der Waals surface area (Å²) in [5, 5.41) is 13.8. The lowest BCUT2D eigenvalue weighted by molar-refractivity contribution is -0.384. The van der Waals surface area contributed by atoms with Gasteiger partial charge in [0.05, 0.1) is 10.5 Å². The minimum atomic E-state index is -0.448. The number of nitro groups is 1. The number of likely N-dealkylation sites (tertiary alicyclic amines) is 1. The van der Waals surface area contributed by atoms with Crippen molar-refractivity contribution in [3.8, 4) is 0 Å². The van der Waals surface area contributed by atoms with Crippen molar-refractivity contribution in [3.05, 3.63) is 37.4 Å². The first-order valence-electron chi connectivity index (χ1n) is 6.44. The molecule has 0 aromatic heterocycles. The van der Waals surface area contributed by atoms with Crippen LogP contribution in [0.25, 0.3) is 0 Å². The molecule has 1 aliphatic heterocycles. The van der Waals surface area contributed by atoms with Crippen LogP contribution in [0, 0.1) is 13.7 Å². The number of amides is 1. The maximum absolute atomic E-state index is 12.6. The number of nitrogens with zero attached hydrogens (tertiary/aromatic N) is 2. The second-order valence-electron chi connectivity index (χ2n) is 4.77. The highest BCUT2D eigenvalue weighted by Crippen LogP contribution is 2.24. The minimum Gasteiger partial charge on any atom is -0.334 e. The monoisotopic (exact) mass is 389 g/mol. The Morgan fingerprint density at radius 3 is 2.95 bits per heavy atom. The molecule has 7 heteroatoms. The molecule has 6 nitrogen and oxygen atoms in total. The van der Waals surface area contributed by atoms with Gasteiger partial charge in [0.15, 0.2) is 0 Å². The van der Waals surface area contributed by atoms with Crippen LogP contribution in [0.3, 0.4) is 0 Å². The number of halogens is 1. The zero-order valence-corrected chi connectivity index (χ0v) is 13.3. The van der Waals surface area contributed by atoms with E-state index in [0.717, 1.165) is 25.9 Å². The molecule has 1 amide bonds. The van der Waals surface area contributed by atoms with Gasteiger partial charge in [-0.3, -0.25) is 14.9 Å². The van der Waals surface area contributed by atoms with Gasteiger partial charge in [0.1, 0.15) is 0 Å². The standard InChI is InChI=1S/C13H16IN3O3/c1-15-8-10-3-2-6-16(10)13(18)11-5-4-9(17(19)20)7-12(11)14/h4-5,7,10,15H,2-3,6,8H2,1H3. The van der Waals surface area contributed by atoms with Gasteiger partial charge in [-0.25, -0.2) is 0 Å². The van der Waals surface area contributed by atoms with Crippen LogP contribution >= 0.6 is 22.6 Å². The molecule has 0 spiro atoms. The molecular weight excluding hydrogens is 373 g/mol. The van der Waals surface area contributed by atoms with Gasteiger partial charge < -0.3 is 10.2 Å². The lowest BCUT2D eigenvalue weighted by atomic mass is 10.1. The average molecular weight is 389 g/mol. The van der Waals surface area contributed by atoms with Crippen LogP contribution in [0.15, 0.2) is 18.2 Å². The third-order valence-corrected chi connectivity index (χ3v) is 4.36. The van der Waals surface area contributed by atoms with Crippen molar-refractivity contribution in [2.45, 2.75) is 18.9 Å². The Morgan fingerprint density at radius 2 is 2.35 bits per heavy atom. The molecule has 1 heterocycles. The van der Waals surface area contributed by atoms with E-state index in [1.165, 1.54) is 12.1 Å².